The summed E-state index contributed by atoms with van der Waals surface area (Å²) in [7, 11) is 0. The molecule has 106 valence electrons. The molecule has 19 heavy (non-hydrogen) atoms. The summed E-state index contributed by atoms with van der Waals surface area (Å²) in [5.41, 5.74) is 2.76. The number of rotatable bonds is 10. The van der Waals surface area contributed by atoms with Gasteiger partial charge in [-0.05, 0) is 30.9 Å². The SMILES string of the molecule is C=CCCOCCNC(C)c1ccc(CCC)cc1. The number of aryl methyl sites for hydroxylation is 1. The maximum absolute atomic E-state index is 5.48. The number of benzene rings is 1. The lowest BCUT2D eigenvalue weighted by Crippen LogP contribution is -2.23. The van der Waals surface area contributed by atoms with E-state index in [0.29, 0.717) is 6.04 Å². The van der Waals surface area contributed by atoms with E-state index in [1.54, 1.807) is 0 Å². The topological polar surface area (TPSA) is 21.3 Å². The first-order chi connectivity index (χ1) is 9.27. The Bertz CT molecular complexity index is 345. The molecule has 1 aromatic rings. The summed E-state index contributed by atoms with van der Waals surface area (Å²) in [5.74, 6) is 0. The predicted molar refractivity (Wildman–Crippen MR) is 82.5 cm³/mol. The first-order valence-corrected chi connectivity index (χ1v) is 7.28. The number of hydrogen-bond donors (Lipinski definition) is 1. The maximum Gasteiger partial charge on any atom is 0.0591 e. The van der Waals surface area contributed by atoms with Gasteiger partial charge in [0.25, 0.3) is 0 Å². The van der Waals surface area contributed by atoms with Gasteiger partial charge in [0.1, 0.15) is 0 Å². The first-order valence-electron chi connectivity index (χ1n) is 7.28. The van der Waals surface area contributed by atoms with Gasteiger partial charge in [0, 0.05) is 12.6 Å². The highest BCUT2D eigenvalue weighted by Gasteiger charge is 2.03. The quantitative estimate of drug-likeness (QED) is 0.510. The fourth-order valence-corrected chi connectivity index (χ4v) is 2.00. The Morgan fingerprint density at radius 3 is 2.63 bits per heavy atom. The minimum Gasteiger partial charge on any atom is -0.380 e. The van der Waals surface area contributed by atoms with Crippen LogP contribution >= 0.6 is 0 Å². The Morgan fingerprint density at radius 2 is 2.00 bits per heavy atom. The van der Waals surface area contributed by atoms with Crippen molar-refractivity contribution in [3.8, 4) is 0 Å². The van der Waals surface area contributed by atoms with Crippen molar-refractivity contribution in [2.45, 2.75) is 39.2 Å². The highest BCUT2D eigenvalue weighted by Crippen LogP contribution is 2.13. The third kappa shape index (κ3) is 6.55. The molecule has 0 bridgehead atoms. The molecule has 2 nitrogen and oxygen atoms in total. The summed E-state index contributed by atoms with van der Waals surface area (Å²) in [6.07, 6.45) is 5.18. The van der Waals surface area contributed by atoms with Crippen molar-refractivity contribution in [3.05, 3.63) is 48.0 Å². The molecule has 2 heteroatoms. The van der Waals surface area contributed by atoms with E-state index in [9.17, 15) is 0 Å². The Hall–Kier alpha value is -1.12. The molecule has 0 saturated heterocycles. The van der Waals surface area contributed by atoms with Gasteiger partial charge in [0.15, 0.2) is 0 Å². The van der Waals surface area contributed by atoms with Gasteiger partial charge in [-0.1, -0.05) is 43.7 Å². The Balaban J connectivity index is 2.24. The summed E-state index contributed by atoms with van der Waals surface area (Å²) in [5, 5.41) is 3.48. The molecule has 0 aliphatic carbocycles. The standard InChI is InChI=1S/C17H27NO/c1-4-6-13-19-14-12-18-15(3)17-10-8-16(7-5-2)9-11-17/h4,8-11,15,18H,1,5-7,12-14H2,2-3H3. The van der Waals surface area contributed by atoms with Crippen LogP contribution < -0.4 is 5.32 Å². The van der Waals surface area contributed by atoms with E-state index in [1.165, 1.54) is 24.0 Å². The van der Waals surface area contributed by atoms with Gasteiger partial charge in [-0.25, -0.2) is 0 Å². The van der Waals surface area contributed by atoms with Crippen molar-refractivity contribution in [3.63, 3.8) is 0 Å². The molecular weight excluding hydrogens is 234 g/mol. The summed E-state index contributed by atoms with van der Waals surface area (Å²) in [4.78, 5) is 0. The Kier molecular flexibility index (Phi) is 8.19. The van der Waals surface area contributed by atoms with Crippen LogP contribution in [0.1, 0.15) is 43.9 Å². The molecule has 0 aliphatic heterocycles. The van der Waals surface area contributed by atoms with Gasteiger partial charge in [-0.15, -0.1) is 6.58 Å². The predicted octanol–water partition coefficient (Wildman–Crippen LogP) is 3.88. The molecule has 0 aromatic heterocycles. The average Bonchev–Trinajstić information content (AvgIpc) is 2.43. The second kappa shape index (κ2) is 9.76. The zero-order valence-electron chi connectivity index (χ0n) is 12.3. The lowest BCUT2D eigenvalue weighted by atomic mass is 10.0. The lowest BCUT2D eigenvalue weighted by molar-refractivity contribution is 0.138. The number of hydrogen-bond acceptors (Lipinski definition) is 2. The van der Waals surface area contributed by atoms with Crippen LogP contribution in [0.15, 0.2) is 36.9 Å². The van der Waals surface area contributed by atoms with E-state index in [4.69, 9.17) is 4.74 Å². The van der Waals surface area contributed by atoms with Crippen molar-refractivity contribution in [2.75, 3.05) is 19.8 Å². The molecule has 0 fully saturated rings. The van der Waals surface area contributed by atoms with Gasteiger partial charge in [0.05, 0.1) is 13.2 Å². The van der Waals surface area contributed by atoms with Crippen molar-refractivity contribution < 1.29 is 4.74 Å². The van der Waals surface area contributed by atoms with Crippen LogP contribution in [0, 0.1) is 0 Å². The summed E-state index contributed by atoms with van der Waals surface area (Å²) in [6.45, 7) is 10.5. The van der Waals surface area contributed by atoms with E-state index >= 15 is 0 Å². The molecule has 0 heterocycles. The van der Waals surface area contributed by atoms with E-state index in [2.05, 4.69) is 50.0 Å². The number of nitrogens with one attached hydrogen (secondary N) is 1. The van der Waals surface area contributed by atoms with Crippen LogP contribution in [-0.4, -0.2) is 19.8 Å². The van der Waals surface area contributed by atoms with Crippen LogP contribution in [0.2, 0.25) is 0 Å². The molecule has 0 aliphatic rings. The van der Waals surface area contributed by atoms with Crippen LogP contribution in [0.25, 0.3) is 0 Å². The van der Waals surface area contributed by atoms with Gasteiger partial charge < -0.3 is 10.1 Å². The summed E-state index contributed by atoms with van der Waals surface area (Å²) >= 11 is 0. The van der Waals surface area contributed by atoms with Gasteiger partial charge in [-0.3, -0.25) is 0 Å². The van der Waals surface area contributed by atoms with E-state index in [0.717, 1.165) is 26.2 Å². The molecule has 0 radical (unpaired) electrons. The first kappa shape index (κ1) is 15.9. The van der Waals surface area contributed by atoms with Crippen LogP contribution in [0.3, 0.4) is 0 Å². The van der Waals surface area contributed by atoms with Crippen molar-refractivity contribution in [2.24, 2.45) is 0 Å². The lowest BCUT2D eigenvalue weighted by Gasteiger charge is -2.14. The van der Waals surface area contributed by atoms with Crippen molar-refractivity contribution in [1.82, 2.24) is 5.32 Å². The van der Waals surface area contributed by atoms with Crippen molar-refractivity contribution >= 4 is 0 Å². The molecule has 1 aromatic carbocycles. The molecule has 0 spiro atoms. The Morgan fingerprint density at radius 1 is 1.26 bits per heavy atom. The second-order valence-corrected chi connectivity index (χ2v) is 4.86. The van der Waals surface area contributed by atoms with Crippen LogP contribution in [0.4, 0.5) is 0 Å². The zero-order valence-corrected chi connectivity index (χ0v) is 12.3. The van der Waals surface area contributed by atoms with Gasteiger partial charge in [0.2, 0.25) is 0 Å². The highest BCUT2D eigenvalue weighted by atomic mass is 16.5. The normalized spacial score (nSPS) is 12.3. The number of ether oxygens (including phenoxy) is 1. The smallest absolute Gasteiger partial charge is 0.0591 e. The molecule has 1 atom stereocenters. The third-order valence-corrected chi connectivity index (χ3v) is 3.18. The van der Waals surface area contributed by atoms with E-state index < -0.39 is 0 Å². The minimum atomic E-state index is 0.374. The summed E-state index contributed by atoms with van der Waals surface area (Å²) in [6, 6.07) is 9.29. The van der Waals surface area contributed by atoms with Crippen LogP contribution in [0.5, 0.6) is 0 Å². The monoisotopic (exact) mass is 261 g/mol. The third-order valence-electron chi connectivity index (χ3n) is 3.18. The van der Waals surface area contributed by atoms with Gasteiger partial charge >= 0.3 is 0 Å². The van der Waals surface area contributed by atoms with Crippen LogP contribution in [-0.2, 0) is 11.2 Å². The van der Waals surface area contributed by atoms with Gasteiger partial charge in [-0.2, -0.15) is 0 Å². The average molecular weight is 261 g/mol. The minimum absolute atomic E-state index is 0.374. The molecule has 0 amide bonds. The highest BCUT2D eigenvalue weighted by molar-refractivity contribution is 5.24. The van der Waals surface area contributed by atoms with E-state index in [1.807, 2.05) is 6.08 Å². The van der Waals surface area contributed by atoms with E-state index in [-0.39, 0.29) is 0 Å². The molecule has 1 N–H and O–H groups in total. The maximum atomic E-state index is 5.48. The Labute approximate surface area is 117 Å². The zero-order chi connectivity index (χ0) is 13.9. The molecule has 1 unspecified atom stereocenters. The summed E-state index contributed by atoms with van der Waals surface area (Å²) < 4.78 is 5.48. The fourth-order valence-electron chi connectivity index (χ4n) is 2.00. The molecular formula is C17H27NO. The molecule has 0 saturated carbocycles. The molecule has 1 rings (SSSR count). The van der Waals surface area contributed by atoms with Crippen molar-refractivity contribution in [1.29, 1.82) is 0 Å². The largest absolute Gasteiger partial charge is 0.380 e. The fraction of sp³-hybridized carbons (Fsp3) is 0.529. The second-order valence-electron chi connectivity index (χ2n) is 4.86.